The van der Waals surface area contributed by atoms with E-state index >= 15 is 0 Å². The van der Waals surface area contributed by atoms with Crippen molar-refractivity contribution in [3.05, 3.63) is 50.2 Å². The van der Waals surface area contributed by atoms with Crippen molar-refractivity contribution in [3.63, 3.8) is 0 Å². The van der Waals surface area contributed by atoms with Crippen molar-refractivity contribution in [1.82, 2.24) is 9.78 Å². The van der Waals surface area contributed by atoms with Gasteiger partial charge in [0.15, 0.2) is 0 Å². The third-order valence-electron chi connectivity index (χ3n) is 2.97. The molecule has 2 aromatic rings. The molecule has 5 heteroatoms. The van der Waals surface area contributed by atoms with Gasteiger partial charge in [-0.2, -0.15) is 5.10 Å². The molecule has 1 unspecified atom stereocenters. The highest BCUT2D eigenvalue weighted by atomic mass is 79.9. The minimum atomic E-state index is -0.0239. The fourth-order valence-electron chi connectivity index (χ4n) is 1.94. The summed E-state index contributed by atoms with van der Waals surface area (Å²) in [4.78, 5) is 0. The molecule has 2 rings (SSSR count). The Labute approximate surface area is 124 Å². The summed E-state index contributed by atoms with van der Waals surface area (Å²) >= 11 is 6.99. The lowest BCUT2D eigenvalue weighted by Crippen LogP contribution is -2.15. The van der Waals surface area contributed by atoms with E-state index in [-0.39, 0.29) is 6.04 Å². The van der Waals surface area contributed by atoms with Crippen LogP contribution in [0.2, 0.25) is 0 Å². The molecule has 96 valence electrons. The number of aromatic nitrogens is 2. The molecule has 2 N–H and O–H groups in total. The molecule has 0 aliphatic rings. The van der Waals surface area contributed by atoms with Gasteiger partial charge in [-0.3, -0.25) is 4.68 Å². The number of benzene rings is 1. The number of aryl methyl sites for hydroxylation is 2. The summed E-state index contributed by atoms with van der Waals surface area (Å²) in [5.41, 5.74) is 9.50. The van der Waals surface area contributed by atoms with E-state index in [4.69, 9.17) is 5.73 Å². The highest BCUT2D eigenvalue weighted by molar-refractivity contribution is 9.10. The molecular weight excluding hydrogens is 358 g/mol. The Hall–Kier alpha value is -0.650. The standard InChI is InChI=1S/C13H15Br2N3/c1-8-13(15)12(18(2)17-8)7-11(16)9-3-5-10(14)6-4-9/h3-6,11H,7,16H2,1-2H3. The van der Waals surface area contributed by atoms with Crippen molar-refractivity contribution >= 4 is 31.9 Å². The number of hydrogen-bond acceptors (Lipinski definition) is 2. The lowest BCUT2D eigenvalue weighted by molar-refractivity contribution is 0.638. The van der Waals surface area contributed by atoms with Crippen molar-refractivity contribution in [3.8, 4) is 0 Å². The van der Waals surface area contributed by atoms with Crippen LogP contribution in [0.3, 0.4) is 0 Å². The Bertz CT molecular complexity index is 546. The van der Waals surface area contributed by atoms with Gasteiger partial charge in [0.2, 0.25) is 0 Å². The number of nitrogens with zero attached hydrogens (tertiary/aromatic N) is 2. The number of nitrogens with two attached hydrogens (primary N) is 1. The van der Waals surface area contributed by atoms with Gasteiger partial charge >= 0.3 is 0 Å². The third kappa shape index (κ3) is 2.84. The summed E-state index contributed by atoms with van der Waals surface area (Å²) in [6.45, 7) is 1.98. The van der Waals surface area contributed by atoms with E-state index in [1.54, 1.807) is 0 Å². The zero-order valence-electron chi connectivity index (χ0n) is 10.3. The van der Waals surface area contributed by atoms with E-state index in [2.05, 4.69) is 37.0 Å². The Morgan fingerprint density at radius 1 is 1.28 bits per heavy atom. The second-order valence-corrected chi connectivity index (χ2v) is 6.04. The average Bonchev–Trinajstić information content (AvgIpc) is 2.57. The third-order valence-corrected chi connectivity index (χ3v) is 4.53. The topological polar surface area (TPSA) is 43.8 Å². The van der Waals surface area contributed by atoms with Crippen molar-refractivity contribution in [2.24, 2.45) is 12.8 Å². The summed E-state index contributed by atoms with van der Waals surface area (Å²) in [5.74, 6) is 0. The van der Waals surface area contributed by atoms with Gasteiger partial charge in [-0.25, -0.2) is 0 Å². The van der Waals surface area contributed by atoms with Crippen molar-refractivity contribution < 1.29 is 0 Å². The Kier molecular flexibility index (Phi) is 4.25. The first kappa shape index (κ1) is 13.8. The van der Waals surface area contributed by atoms with Crippen LogP contribution in [-0.4, -0.2) is 9.78 Å². The smallest absolute Gasteiger partial charge is 0.0738 e. The zero-order valence-corrected chi connectivity index (χ0v) is 13.5. The fraction of sp³-hybridized carbons (Fsp3) is 0.308. The SMILES string of the molecule is Cc1nn(C)c(CC(N)c2ccc(Br)cc2)c1Br. The van der Waals surface area contributed by atoms with E-state index in [9.17, 15) is 0 Å². The van der Waals surface area contributed by atoms with Crippen LogP contribution in [0.15, 0.2) is 33.2 Å². The maximum absolute atomic E-state index is 6.25. The fourth-order valence-corrected chi connectivity index (χ4v) is 2.70. The molecule has 0 bridgehead atoms. The zero-order chi connectivity index (χ0) is 13.3. The van der Waals surface area contributed by atoms with E-state index in [0.29, 0.717) is 0 Å². The van der Waals surface area contributed by atoms with Crippen molar-refractivity contribution in [1.29, 1.82) is 0 Å². The average molecular weight is 373 g/mol. The Morgan fingerprint density at radius 2 is 1.89 bits per heavy atom. The number of rotatable bonds is 3. The highest BCUT2D eigenvalue weighted by Crippen LogP contribution is 2.25. The predicted octanol–water partition coefficient (Wildman–Crippen LogP) is 3.50. The van der Waals surface area contributed by atoms with E-state index < -0.39 is 0 Å². The maximum atomic E-state index is 6.25. The van der Waals surface area contributed by atoms with Gasteiger partial charge in [-0.1, -0.05) is 28.1 Å². The molecule has 0 saturated carbocycles. The van der Waals surface area contributed by atoms with E-state index in [0.717, 1.165) is 32.3 Å². The van der Waals surface area contributed by atoms with Crippen molar-refractivity contribution in [2.75, 3.05) is 0 Å². The molecular formula is C13H15Br2N3. The summed E-state index contributed by atoms with van der Waals surface area (Å²) in [5, 5.41) is 4.38. The monoisotopic (exact) mass is 371 g/mol. The molecule has 0 saturated heterocycles. The van der Waals surface area contributed by atoms with Crippen LogP contribution in [0.1, 0.15) is 23.0 Å². The summed E-state index contributed by atoms with van der Waals surface area (Å²) in [6.07, 6.45) is 0.763. The molecule has 0 radical (unpaired) electrons. The molecule has 0 fully saturated rings. The van der Waals surface area contributed by atoms with Crippen LogP contribution in [0, 0.1) is 6.92 Å². The first-order valence-corrected chi connectivity index (χ1v) is 7.26. The maximum Gasteiger partial charge on any atom is 0.0738 e. The number of halogens is 2. The van der Waals surface area contributed by atoms with Crippen LogP contribution in [0.25, 0.3) is 0 Å². The van der Waals surface area contributed by atoms with Crippen LogP contribution in [0.4, 0.5) is 0 Å². The molecule has 0 spiro atoms. The quantitative estimate of drug-likeness (QED) is 0.895. The second-order valence-electron chi connectivity index (χ2n) is 4.33. The first-order valence-electron chi connectivity index (χ1n) is 5.68. The molecule has 0 amide bonds. The van der Waals surface area contributed by atoms with Gasteiger partial charge < -0.3 is 5.73 Å². The Balaban J connectivity index is 2.21. The van der Waals surface area contributed by atoms with Crippen LogP contribution in [0.5, 0.6) is 0 Å². The van der Waals surface area contributed by atoms with Gasteiger partial charge in [0, 0.05) is 24.0 Å². The van der Waals surface area contributed by atoms with Gasteiger partial charge in [0.25, 0.3) is 0 Å². The van der Waals surface area contributed by atoms with E-state index in [1.165, 1.54) is 0 Å². The van der Waals surface area contributed by atoms with Gasteiger partial charge in [-0.05, 0) is 40.5 Å². The molecule has 1 aromatic heterocycles. The van der Waals surface area contributed by atoms with Gasteiger partial charge in [0.1, 0.15) is 0 Å². The van der Waals surface area contributed by atoms with Gasteiger partial charge in [0.05, 0.1) is 15.9 Å². The summed E-state index contributed by atoms with van der Waals surface area (Å²) in [7, 11) is 1.95. The van der Waals surface area contributed by atoms with Crippen molar-refractivity contribution in [2.45, 2.75) is 19.4 Å². The van der Waals surface area contributed by atoms with Crippen LogP contribution >= 0.6 is 31.9 Å². The lowest BCUT2D eigenvalue weighted by Gasteiger charge is -2.12. The molecule has 1 aromatic carbocycles. The molecule has 1 heterocycles. The second kappa shape index (κ2) is 5.55. The molecule has 0 aliphatic heterocycles. The van der Waals surface area contributed by atoms with Crippen LogP contribution < -0.4 is 5.73 Å². The predicted molar refractivity (Wildman–Crippen MR) is 80.4 cm³/mol. The Morgan fingerprint density at radius 3 is 2.39 bits per heavy atom. The minimum absolute atomic E-state index is 0.0239. The molecule has 3 nitrogen and oxygen atoms in total. The summed E-state index contributed by atoms with van der Waals surface area (Å²) < 4.78 is 4.01. The van der Waals surface area contributed by atoms with Crippen LogP contribution in [-0.2, 0) is 13.5 Å². The minimum Gasteiger partial charge on any atom is -0.324 e. The van der Waals surface area contributed by atoms with Gasteiger partial charge in [-0.15, -0.1) is 0 Å². The summed E-state index contributed by atoms with van der Waals surface area (Å²) in [6, 6.07) is 8.10. The first-order chi connectivity index (χ1) is 8.49. The van der Waals surface area contributed by atoms with E-state index in [1.807, 2.05) is 42.9 Å². The highest BCUT2D eigenvalue weighted by Gasteiger charge is 2.15. The lowest BCUT2D eigenvalue weighted by atomic mass is 10.0. The normalized spacial score (nSPS) is 12.7. The molecule has 0 aliphatic carbocycles. The molecule has 18 heavy (non-hydrogen) atoms. The molecule has 1 atom stereocenters. The largest absolute Gasteiger partial charge is 0.324 e. The number of hydrogen-bond donors (Lipinski definition) is 1.